The van der Waals surface area contributed by atoms with E-state index in [1.165, 1.54) is 12.1 Å². The van der Waals surface area contributed by atoms with Gasteiger partial charge >= 0.3 is 0 Å². The SMILES string of the molecule is O=C(NCc1ccccc1O)c1ccccc1O. The summed E-state index contributed by atoms with van der Waals surface area (Å²) in [6, 6.07) is 13.1. The molecule has 92 valence electrons. The standard InChI is InChI=1S/C14H13NO3/c16-12-7-3-1-5-10(12)9-15-14(18)11-6-2-4-8-13(11)17/h1-8,16-17H,9H2,(H,15,18). The Morgan fingerprint density at radius 3 is 2.22 bits per heavy atom. The molecule has 0 bridgehead atoms. The second-order valence-corrected chi connectivity index (χ2v) is 3.83. The van der Waals surface area contributed by atoms with E-state index in [1.807, 2.05) is 0 Å². The zero-order valence-electron chi connectivity index (χ0n) is 9.63. The van der Waals surface area contributed by atoms with E-state index in [0.717, 1.165) is 0 Å². The fourth-order valence-electron chi connectivity index (χ4n) is 1.60. The lowest BCUT2D eigenvalue weighted by Crippen LogP contribution is -2.22. The molecule has 0 atom stereocenters. The van der Waals surface area contributed by atoms with Gasteiger partial charge in [-0.05, 0) is 18.2 Å². The molecule has 3 N–H and O–H groups in total. The van der Waals surface area contributed by atoms with E-state index in [0.29, 0.717) is 5.56 Å². The molecule has 0 heterocycles. The molecule has 0 spiro atoms. The zero-order chi connectivity index (χ0) is 13.0. The van der Waals surface area contributed by atoms with Crippen LogP contribution in [0.3, 0.4) is 0 Å². The molecule has 4 nitrogen and oxygen atoms in total. The molecule has 0 aliphatic heterocycles. The van der Waals surface area contributed by atoms with E-state index < -0.39 is 0 Å². The van der Waals surface area contributed by atoms with E-state index in [9.17, 15) is 15.0 Å². The van der Waals surface area contributed by atoms with E-state index >= 15 is 0 Å². The highest BCUT2D eigenvalue weighted by molar-refractivity contribution is 5.96. The maximum Gasteiger partial charge on any atom is 0.255 e. The fraction of sp³-hybridized carbons (Fsp3) is 0.0714. The molecular formula is C14H13NO3. The Morgan fingerprint density at radius 1 is 0.944 bits per heavy atom. The lowest BCUT2D eigenvalue weighted by molar-refractivity contribution is 0.0948. The number of para-hydroxylation sites is 2. The minimum atomic E-state index is -0.378. The van der Waals surface area contributed by atoms with Crippen molar-refractivity contribution in [1.29, 1.82) is 0 Å². The van der Waals surface area contributed by atoms with Crippen LogP contribution in [0.1, 0.15) is 15.9 Å². The van der Waals surface area contributed by atoms with E-state index in [4.69, 9.17) is 0 Å². The van der Waals surface area contributed by atoms with Crippen LogP contribution in [-0.4, -0.2) is 16.1 Å². The van der Waals surface area contributed by atoms with Gasteiger partial charge in [0.2, 0.25) is 0 Å². The Kier molecular flexibility index (Phi) is 3.48. The molecule has 0 aliphatic rings. The van der Waals surface area contributed by atoms with Crippen LogP contribution >= 0.6 is 0 Å². The van der Waals surface area contributed by atoms with Crippen LogP contribution in [0.5, 0.6) is 11.5 Å². The lowest BCUT2D eigenvalue weighted by atomic mass is 10.1. The summed E-state index contributed by atoms with van der Waals surface area (Å²) in [4.78, 5) is 11.8. The third-order valence-electron chi connectivity index (χ3n) is 2.58. The van der Waals surface area contributed by atoms with Crippen molar-refractivity contribution in [2.45, 2.75) is 6.54 Å². The Balaban J connectivity index is 2.06. The molecule has 2 aromatic carbocycles. The highest BCUT2D eigenvalue weighted by Crippen LogP contribution is 2.17. The highest BCUT2D eigenvalue weighted by atomic mass is 16.3. The van der Waals surface area contributed by atoms with Crippen molar-refractivity contribution in [2.75, 3.05) is 0 Å². The van der Waals surface area contributed by atoms with Crippen molar-refractivity contribution in [3.05, 3.63) is 59.7 Å². The number of carbonyl (C=O) groups excluding carboxylic acids is 1. The monoisotopic (exact) mass is 243 g/mol. The molecule has 18 heavy (non-hydrogen) atoms. The summed E-state index contributed by atoms with van der Waals surface area (Å²) in [5.41, 5.74) is 0.842. The van der Waals surface area contributed by atoms with Crippen LogP contribution < -0.4 is 5.32 Å². The molecule has 4 heteroatoms. The second kappa shape index (κ2) is 5.23. The molecule has 0 aliphatic carbocycles. The average Bonchev–Trinajstić information content (AvgIpc) is 2.38. The number of nitrogens with one attached hydrogen (secondary N) is 1. The number of carbonyl (C=O) groups is 1. The predicted octanol–water partition coefficient (Wildman–Crippen LogP) is 2.03. The molecule has 0 saturated carbocycles. The first-order chi connectivity index (χ1) is 8.68. The highest BCUT2D eigenvalue weighted by Gasteiger charge is 2.10. The molecular weight excluding hydrogens is 230 g/mol. The maximum absolute atomic E-state index is 11.8. The number of phenolic OH excluding ortho intramolecular Hbond substituents is 2. The van der Waals surface area contributed by atoms with Gasteiger partial charge in [-0.2, -0.15) is 0 Å². The first-order valence-corrected chi connectivity index (χ1v) is 5.51. The van der Waals surface area contributed by atoms with Crippen LogP contribution in [0.4, 0.5) is 0 Å². The van der Waals surface area contributed by atoms with Crippen molar-refractivity contribution in [1.82, 2.24) is 5.32 Å². The van der Waals surface area contributed by atoms with Gasteiger partial charge in [-0.25, -0.2) is 0 Å². The van der Waals surface area contributed by atoms with Gasteiger partial charge < -0.3 is 15.5 Å². The summed E-state index contributed by atoms with van der Waals surface area (Å²) in [6.07, 6.45) is 0. The number of amides is 1. The lowest BCUT2D eigenvalue weighted by Gasteiger charge is -2.07. The Labute approximate surface area is 105 Å². The van der Waals surface area contributed by atoms with Gasteiger partial charge in [-0.3, -0.25) is 4.79 Å². The van der Waals surface area contributed by atoms with Crippen LogP contribution in [0, 0.1) is 0 Å². The minimum absolute atomic E-state index is 0.0627. The summed E-state index contributed by atoms with van der Waals surface area (Å²) in [5, 5.41) is 21.7. The Hall–Kier alpha value is -2.49. The molecule has 0 unspecified atom stereocenters. The molecule has 2 rings (SSSR count). The Bertz CT molecular complexity index is 566. The van der Waals surface area contributed by atoms with Crippen molar-refractivity contribution in [3.8, 4) is 11.5 Å². The minimum Gasteiger partial charge on any atom is -0.508 e. The quantitative estimate of drug-likeness (QED) is 0.772. The Morgan fingerprint density at radius 2 is 1.56 bits per heavy atom. The van der Waals surface area contributed by atoms with Crippen LogP contribution in [0.2, 0.25) is 0 Å². The zero-order valence-corrected chi connectivity index (χ0v) is 9.63. The molecule has 0 aromatic heterocycles. The van der Waals surface area contributed by atoms with Gasteiger partial charge in [-0.15, -0.1) is 0 Å². The van der Waals surface area contributed by atoms with E-state index in [2.05, 4.69) is 5.32 Å². The van der Waals surface area contributed by atoms with Gasteiger partial charge in [0, 0.05) is 12.1 Å². The fourth-order valence-corrected chi connectivity index (χ4v) is 1.60. The topological polar surface area (TPSA) is 69.6 Å². The van der Waals surface area contributed by atoms with E-state index in [-0.39, 0.29) is 29.5 Å². The first kappa shape index (κ1) is 12.0. The van der Waals surface area contributed by atoms with Gasteiger partial charge in [-0.1, -0.05) is 30.3 Å². The summed E-state index contributed by atoms with van der Waals surface area (Å²) in [6.45, 7) is 0.208. The number of hydrogen-bond acceptors (Lipinski definition) is 3. The summed E-state index contributed by atoms with van der Waals surface area (Å²) < 4.78 is 0. The van der Waals surface area contributed by atoms with Gasteiger partial charge in [0.05, 0.1) is 5.56 Å². The van der Waals surface area contributed by atoms with Crippen LogP contribution in [0.15, 0.2) is 48.5 Å². The van der Waals surface area contributed by atoms with Crippen molar-refractivity contribution < 1.29 is 15.0 Å². The number of benzene rings is 2. The second-order valence-electron chi connectivity index (χ2n) is 3.83. The molecule has 1 amide bonds. The van der Waals surface area contributed by atoms with Gasteiger partial charge in [0.1, 0.15) is 11.5 Å². The summed E-state index contributed by atoms with van der Waals surface area (Å²) in [7, 11) is 0. The van der Waals surface area contributed by atoms with Crippen molar-refractivity contribution in [3.63, 3.8) is 0 Å². The number of hydrogen-bond donors (Lipinski definition) is 3. The third-order valence-corrected chi connectivity index (χ3v) is 2.58. The molecule has 0 radical (unpaired) electrons. The number of rotatable bonds is 3. The normalized spacial score (nSPS) is 10.0. The van der Waals surface area contributed by atoms with Crippen molar-refractivity contribution in [2.24, 2.45) is 0 Å². The first-order valence-electron chi connectivity index (χ1n) is 5.51. The number of phenols is 2. The smallest absolute Gasteiger partial charge is 0.255 e. The molecule has 0 fully saturated rings. The average molecular weight is 243 g/mol. The summed E-state index contributed by atoms with van der Waals surface area (Å²) >= 11 is 0. The molecule has 0 saturated heterocycles. The largest absolute Gasteiger partial charge is 0.508 e. The van der Waals surface area contributed by atoms with Crippen molar-refractivity contribution >= 4 is 5.91 Å². The van der Waals surface area contributed by atoms with E-state index in [1.54, 1.807) is 36.4 Å². The summed E-state index contributed by atoms with van der Waals surface area (Å²) in [5.74, 6) is -0.307. The molecule has 2 aromatic rings. The predicted molar refractivity (Wildman–Crippen MR) is 67.4 cm³/mol. The van der Waals surface area contributed by atoms with Gasteiger partial charge in [0.15, 0.2) is 0 Å². The van der Waals surface area contributed by atoms with Crippen LogP contribution in [0.25, 0.3) is 0 Å². The van der Waals surface area contributed by atoms with Crippen LogP contribution in [-0.2, 0) is 6.54 Å². The number of aromatic hydroxyl groups is 2. The third kappa shape index (κ3) is 2.60. The van der Waals surface area contributed by atoms with Gasteiger partial charge in [0.25, 0.3) is 5.91 Å². The maximum atomic E-state index is 11.8.